The van der Waals surface area contributed by atoms with Crippen LogP contribution in [0, 0.1) is 3.57 Å². The molecule has 2 aromatic heterocycles. The summed E-state index contributed by atoms with van der Waals surface area (Å²) in [4.78, 5) is 21.8. The third-order valence-corrected chi connectivity index (χ3v) is 7.40. The topological polar surface area (TPSA) is 92.5 Å². The van der Waals surface area contributed by atoms with E-state index in [1.807, 2.05) is 15.7 Å². The third kappa shape index (κ3) is 5.78. The lowest BCUT2D eigenvalue weighted by molar-refractivity contribution is 0.0898. The summed E-state index contributed by atoms with van der Waals surface area (Å²) >= 11 is 2.23. The zero-order chi connectivity index (χ0) is 21.2. The maximum absolute atomic E-state index is 14.4. The number of alkyl halides is 1. The van der Waals surface area contributed by atoms with Gasteiger partial charge in [-0.3, -0.25) is 0 Å². The molecule has 8 nitrogen and oxygen atoms in total. The van der Waals surface area contributed by atoms with Crippen molar-refractivity contribution in [1.29, 1.82) is 0 Å². The van der Waals surface area contributed by atoms with Crippen LogP contribution < -0.4 is 10.2 Å². The van der Waals surface area contributed by atoms with Gasteiger partial charge in [0.15, 0.2) is 5.65 Å². The van der Waals surface area contributed by atoms with Gasteiger partial charge >= 0.3 is 6.09 Å². The lowest BCUT2D eigenvalue weighted by Gasteiger charge is -2.35. The lowest BCUT2D eigenvalue weighted by atomic mass is 10.0. The number of anilines is 1. The van der Waals surface area contributed by atoms with E-state index in [2.05, 4.69) is 52.5 Å². The lowest BCUT2D eigenvalue weighted by Crippen LogP contribution is -2.52. The number of rotatable bonds is 7. The fraction of sp³-hybridized carbons (Fsp3) is 0.611. The number of piperidine rings is 1. The number of aromatic nitrogens is 3. The molecule has 0 radical (unpaired) electrons. The second kappa shape index (κ2) is 9.12. The van der Waals surface area contributed by atoms with Gasteiger partial charge in [0.2, 0.25) is 0 Å². The van der Waals surface area contributed by atoms with Gasteiger partial charge in [-0.15, -0.1) is 0 Å². The fourth-order valence-corrected chi connectivity index (χ4v) is 4.70. The van der Waals surface area contributed by atoms with E-state index in [0.29, 0.717) is 37.8 Å². The number of halogens is 2. The second-order valence-corrected chi connectivity index (χ2v) is 15.3. The molecule has 2 atom stereocenters. The maximum Gasteiger partial charge on any atom is 0.404 e. The van der Waals surface area contributed by atoms with Gasteiger partial charge in [0.25, 0.3) is 0 Å². The second-order valence-electron chi connectivity index (χ2n) is 8.50. The van der Waals surface area contributed by atoms with Crippen LogP contribution >= 0.6 is 22.6 Å². The molecule has 1 fully saturated rings. The zero-order valence-corrected chi connectivity index (χ0v) is 20.0. The van der Waals surface area contributed by atoms with E-state index in [1.165, 1.54) is 0 Å². The van der Waals surface area contributed by atoms with Gasteiger partial charge in [-0.25, -0.2) is 19.2 Å². The molecule has 1 aliphatic heterocycles. The van der Waals surface area contributed by atoms with E-state index in [0.717, 1.165) is 15.1 Å². The first-order valence-electron chi connectivity index (χ1n) is 9.61. The summed E-state index contributed by atoms with van der Waals surface area (Å²) in [5, 5.41) is 11.1. The highest BCUT2D eigenvalue weighted by atomic mass is 127. The Morgan fingerprint density at radius 2 is 2.24 bits per heavy atom. The molecule has 2 aromatic rings. The molecule has 0 unspecified atom stereocenters. The van der Waals surface area contributed by atoms with Crippen LogP contribution in [0.4, 0.5) is 15.0 Å². The van der Waals surface area contributed by atoms with Gasteiger partial charge in [0.05, 0.1) is 22.4 Å². The third-order valence-electron chi connectivity index (χ3n) is 4.91. The number of carboxylic acid groups (broad SMARTS) is 1. The largest absolute Gasteiger partial charge is 0.465 e. The Labute approximate surface area is 184 Å². The minimum absolute atomic E-state index is 0.0790. The molecule has 3 rings (SSSR count). The molecule has 0 saturated carbocycles. The first-order valence-corrected chi connectivity index (χ1v) is 14.4. The number of amides is 1. The van der Waals surface area contributed by atoms with Crippen LogP contribution in [0.1, 0.15) is 6.42 Å². The standard InChI is InChI=1S/C18H27FIN5O3Si/c1-29(2,3)7-6-28-11-25-10-13(20)16-17(25)23-15(8-21-16)24-5-4-14(12(19)9-24)22-18(26)27/h8,10,12,14,22H,4-7,9,11H2,1-3H3,(H,26,27)/t12-,14+/m1/s1. The van der Waals surface area contributed by atoms with E-state index in [1.54, 1.807) is 6.20 Å². The Balaban J connectivity index is 1.71. The SMILES string of the molecule is C[Si](C)(C)CCOCn1cc(I)c2ncc(N3CC[C@H](NC(=O)O)[C@H](F)C3)nc21. The Morgan fingerprint density at radius 3 is 2.90 bits per heavy atom. The van der Waals surface area contributed by atoms with Crippen LogP contribution in [-0.2, 0) is 11.5 Å². The fourth-order valence-electron chi connectivity index (χ4n) is 3.22. The number of nitrogens with zero attached hydrogens (tertiary/aromatic N) is 4. The molecule has 0 aromatic carbocycles. The highest BCUT2D eigenvalue weighted by Gasteiger charge is 2.31. The van der Waals surface area contributed by atoms with E-state index in [-0.39, 0.29) is 6.54 Å². The summed E-state index contributed by atoms with van der Waals surface area (Å²) in [5.74, 6) is 0.590. The van der Waals surface area contributed by atoms with E-state index in [9.17, 15) is 9.18 Å². The molecule has 0 spiro atoms. The Hall–Kier alpha value is -1.47. The van der Waals surface area contributed by atoms with Gasteiger partial charge in [0.1, 0.15) is 24.2 Å². The van der Waals surface area contributed by atoms with Crippen molar-refractivity contribution in [3.8, 4) is 0 Å². The van der Waals surface area contributed by atoms with Crippen molar-refractivity contribution >= 4 is 53.7 Å². The average molecular weight is 535 g/mol. The van der Waals surface area contributed by atoms with Gasteiger partial charge in [0, 0.05) is 27.4 Å². The molecular formula is C18H27FIN5O3Si. The van der Waals surface area contributed by atoms with E-state index >= 15 is 0 Å². The van der Waals surface area contributed by atoms with E-state index in [4.69, 9.17) is 14.8 Å². The summed E-state index contributed by atoms with van der Waals surface area (Å²) in [5.41, 5.74) is 1.50. The predicted octanol–water partition coefficient (Wildman–Crippen LogP) is 3.53. The van der Waals surface area contributed by atoms with Gasteiger partial charge < -0.3 is 24.6 Å². The van der Waals surface area contributed by atoms with Gasteiger partial charge in [-0.05, 0) is 35.1 Å². The molecule has 2 N–H and O–H groups in total. The molecule has 11 heteroatoms. The molecule has 0 bridgehead atoms. The van der Waals surface area contributed by atoms with E-state index < -0.39 is 26.4 Å². The maximum atomic E-state index is 14.4. The molecule has 3 heterocycles. The van der Waals surface area contributed by atoms with Crippen LogP contribution in [0.25, 0.3) is 11.2 Å². The van der Waals surface area contributed by atoms with Crippen molar-refractivity contribution in [2.75, 3.05) is 24.6 Å². The molecule has 1 saturated heterocycles. The summed E-state index contributed by atoms with van der Waals surface area (Å²) < 4.78 is 23.2. The summed E-state index contributed by atoms with van der Waals surface area (Å²) in [6.07, 6.45) is 1.50. The highest BCUT2D eigenvalue weighted by molar-refractivity contribution is 14.1. The average Bonchev–Trinajstić information content (AvgIpc) is 2.95. The monoisotopic (exact) mass is 535 g/mol. The minimum atomic E-state index is -1.30. The molecule has 1 aliphatic rings. The smallest absolute Gasteiger partial charge is 0.404 e. The molecular weight excluding hydrogens is 508 g/mol. The minimum Gasteiger partial charge on any atom is -0.465 e. The van der Waals surface area contributed by atoms with Crippen molar-refractivity contribution in [2.45, 2.75) is 51.1 Å². The van der Waals surface area contributed by atoms with Crippen molar-refractivity contribution in [3.05, 3.63) is 16.0 Å². The zero-order valence-electron chi connectivity index (χ0n) is 16.9. The Bertz CT molecular complexity index is 875. The summed E-state index contributed by atoms with van der Waals surface area (Å²) in [6, 6.07) is 0.405. The van der Waals surface area contributed by atoms with Crippen molar-refractivity contribution in [2.24, 2.45) is 0 Å². The van der Waals surface area contributed by atoms with Crippen LogP contribution in [0.2, 0.25) is 25.7 Å². The van der Waals surface area contributed by atoms with Crippen molar-refractivity contribution < 1.29 is 19.0 Å². The van der Waals surface area contributed by atoms with Crippen LogP contribution in [0.15, 0.2) is 12.4 Å². The summed E-state index contributed by atoms with van der Waals surface area (Å²) in [7, 11) is -1.15. The number of fused-ring (bicyclic) bond motifs is 1. The molecule has 160 valence electrons. The van der Waals surface area contributed by atoms with Crippen molar-refractivity contribution in [1.82, 2.24) is 19.9 Å². The van der Waals surface area contributed by atoms with Crippen molar-refractivity contribution in [3.63, 3.8) is 0 Å². The first kappa shape index (κ1) is 22.2. The predicted molar refractivity (Wildman–Crippen MR) is 121 cm³/mol. The molecule has 29 heavy (non-hydrogen) atoms. The number of hydrogen-bond donors (Lipinski definition) is 2. The summed E-state index contributed by atoms with van der Waals surface area (Å²) in [6.45, 7) is 8.65. The molecule has 1 amide bonds. The molecule has 0 aliphatic carbocycles. The Kier molecular flexibility index (Phi) is 6.99. The number of nitrogens with one attached hydrogen (secondary N) is 1. The number of hydrogen-bond acceptors (Lipinski definition) is 5. The normalized spacial score (nSPS) is 20.2. The highest BCUT2D eigenvalue weighted by Crippen LogP contribution is 2.25. The number of ether oxygens (including phenoxy) is 1. The van der Waals surface area contributed by atoms with Gasteiger partial charge in [-0.1, -0.05) is 19.6 Å². The van der Waals surface area contributed by atoms with Gasteiger partial charge in [-0.2, -0.15) is 0 Å². The van der Waals surface area contributed by atoms with Crippen LogP contribution in [-0.4, -0.2) is 65.7 Å². The first-order chi connectivity index (χ1) is 13.6. The Morgan fingerprint density at radius 1 is 1.48 bits per heavy atom. The van der Waals surface area contributed by atoms with Crippen LogP contribution in [0.5, 0.6) is 0 Å². The van der Waals surface area contributed by atoms with Crippen LogP contribution in [0.3, 0.4) is 0 Å². The number of carbonyl (C=O) groups is 1. The quantitative estimate of drug-likeness (QED) is 0.320.